The van der Waals surface area contributed by atoms with E-state index in [4.69, 9.17) is 15.6 Å². The summed E-state index contributed by atoms with van der Waals surface area (Å²) >= 11 is 1.33. The second-order valence-electron chi connectivity index (χ2n) is 4.97. The molecule has 0 aliphatic carbocycles. The third kappa shape index (κ3) is 4.33. The Morgan fingerprint density at radius 3 is 2.67 bits per heavy atom. The summed E-state index contributed by atoms with van der Waals surface area (Å²) in [6.45, 7) is 3.46. The summed E-state index contributed by atoms with van der Waals surface area (Å²) in [5.41, 5.74) is 6.23. The van der Waals surface area contributed by atoms with Crippen molar-refractivity contribution < 1.29 is 19.6 Å². The lowest BCUT2D eigenvalue weighted by atomic mass is 10.1. The van der Waals surface area contributed by atoms with Crippen LogP contribution in [0.4, 0.5) is 5.69 Å². The topological polar surface area (TPSA) is 116 Å². The minimum atomic E-state index is -1.08. The van der Waals surface area contributed by atoms with Crippen molar-refractivity contribution in [1.29, 1.82) is 0 Å². The standard InChI is InChI=1S/C13H18N2O5S/c1-13(2,11(14)12(16)17)21-7-8-4-5-10(20-3)9(6-8)15(18)19/h4-6,11H,7,14H2,1-3H3,(H,16,17)/t11-/m0/s1. The Kier molecular flexibility index (Phi) is 5.56. The zero-order chi connectivity index (χ0) is 16.2. The maximum atomic E-state index is 11.0. The van der Waals surface area contributed by atoms with E-state index in [0.29, 0.717) is 11.3 Å². The predicted molar refractivity (Wildman–Crippen MR) is 80.6 cm³/mol. The van der Waals surface area contributed by atoms with Crippen LogP contribution in [0.25, 0.3) is 0 Å². The van der Waals surface area contributed by atoms with E-state index >= 15 is 0 Å². The largest absolute Gasteiger partial charge is 0.490 e. The number of carbonyl (C=O) groups is 1. The Bertz CT molecular complexity index is 547. The molecule has 1 rings (SSSR count). The van der Waals surface area contributed by atoms with E-state index in [0.717, 1.165) is 0 Å². The highest BCUT2D eigenvalue weighted by Gasteiger charge is 2.32. The lowest BCUT2D eigenvalue weighted by molar-refractivity contribution is -0.385. The molecule has 1 aromatic rings. The lowest BCUT2D eigenvalue weighted by Crippen LogP contribution is -2.46. The molecule has 0 aliphatic rings. The molecule has 8 heteroatoms. The molecule has 0 heterocycles. The molecule has 0 fully saturated rings. The van der Waals surface area contributed by atoms with E-state index in [-0.39, 0.29) is 11.4 Å². The Morgan fingerprint density at radius 2 is 2.19 bits per heavy atom. The van der Waals surface area contributed by atoms with Gasteiger partial charge in [-0.2, -0.15) is 0 Å². The van der Waals surface area contributed by atoms with Crippen molar-refractivity contribution in [3.63, 3.8) is 0 Å². The molecule has 1 atom stereocenters. The number of nitrogens with zero attached hydrogens (tertiary/aromatic N) is 1. The van der Waals surface area contributed by atoms with Gasteiger partial charge < -0.3 is 15.6 Å². The van der Waals surface area contributed by atoms with Crippen molar-refractivity contribution in [2.24, 2.45) is 5.73 Å². The Labute approximate surface area is 126 Å². The van der Waals surface area contributed by atoms with E-state index in [2.05, 4.69) is 0 Å². The normalized spacial score (nSPS) is 12.8. The summed E-state index contributed by atoms with van der Waals surface area (Å²) in [6.07, 6.45) is 0. The molecule has 7 nitrogen and oxygen atoms in total. The van der Waals surface area contributed by atoms with Crippen LogP contribution in [-0.2, 0) is 10.5 Å². The maximum Gasteiger partial charge on any atom is 0.321 e. The molecule has 3 N–H and O–H groups in total. The third-order valence-corrected chi connectivity index (χ3v) is 4.54. The number of nitrogens with two attached hydrogens (primary N) is 1. The van der Waals surface area contributed by atoms with E-state index in [1.807, 2.05) is 0 Å². The van der Waals surface area contributed by atoms with E-state index in [9.17, 15) is 14.9 Å². The van der Waals surface area contributed by atoms with Crippen molar-refractivity contribution in [3.05, 3.63) is 33.9 Å². The van der Waals surface area contributed by atoms with Gasteiger partial charge in [-0.05, 0) is 25.5 Å². The van der Waals surface area contributed by atoms with E-state index < -0.39 is 21.7 Å². The number of ether oxygens (including phenoxy) is 1. The van der Waals surface area contributed by atoms with Crippen molar-refractivity contribution in [3.8, 4) is 5.75 Å². The number of carboxylic acid groups (broad SMARTS) is 1. The van der Waals surface area contributed by atoms with Crippen LogP contribution >= 0.6 is 11.8 Å². The quantitative estimate of drug-likeness (QED) is 0.584. The molecule has 0 aromatic heterocycles. The fraction of sp³-hybridized carbons (Fsp3) is 0.462. The number of nitro groups is 1. The van der Waals surface area contributed by atoms with Crippen molar-refractivity contribution >= 4 is 23.4 Å². The first kappa shape index (κ1) is 17.3. The molecule has 0 bridgehead atoms. The molecular formula is C13H18N2O5S. The van der Waals surface area contributed by atoms with Crippen molar-refractivity contribution in [2.75, 3.05) is 7.11 Å². The van der Waals surface area contributed by atoms with E-state index in [1.165, 1.54) is 31.0 Å². The Balaban J connectivity index is 2.87. The monoisotopic (exact) mass is 314 g/mol. The second kappa shape index (κ2) is 6.77. The number of nitro benzene ring substituents is 1. The number of hydrogen-bond donors (Lipinski definition) is 2. The fourth-order valence-electron chi connectivity index (χ4n) is 1.62. The van der Waals surface area contributed by atoms with Gasteiger partial charge in [0.15, 0.2) is 5.75 Å². The highest BCUT2D eigenvalue weighted by atomic mass is 32.2. The van der Waals surface area contributed by atoms with Crippen LogP contribution in [0.15, 0.2) is 18.2 Å². The maximum absolute atomic E-state index is 11.0. The molecule has 1 aromatic carbocycles. The molecule has 0 saturated carbocycles. The van der Waals surface area contributed by atoms with Crippen LogP contribution < -0.4 is 10.5 Å². The molecule has 0 unspecified atom stereocenters. The van der Waals surface area contributed by atoms with Crippen molar-refractivity contribution in [1.82, 2.24) is 0 Å². The molecule has 0 saturated heterocycles. The smallest absolute Gasteiger partial charge is 0.321 e. The van der Waals surface area contributed by atoms with E-state index in [1.54, 1.807) is 19.9 Å². The fourth-order valence-corrected chi connectivity index (χ4v) is 2.62. The molecule has 21 heavy (non-hydrogen) atoms. The average molecular weight is 314 g/mol. The number of aliphatic carboxylic acids is 1. The van der Waals surface area contributed by atoms with Gasteiger partial charge in [0.05, 0.1) is 12.0 Å². The average Bonchev–Trinajstić information content (AvgIpc) is 2.43. The van der Waals surface area contributed by atoms with Gasteiger partial charge in [0.1, 0.15) is 6.04 Å². The van der Waals surface area contributed by atoms with Gasteiger partial charge >= 0.3 is 11.7 Å². The number of rotatable bonds is 7. The number of carboxylic acids is 1. The van der Waals surface area contributed by atoms with Gasteiger partial charge in [-0.25, -0.2) is 0 Å². The minimum Gasteiger partial charge on any atom is -0.490 e. The van der Waals surface area contributed by atoms with Crippen LogP contribution in [0.1, 0.15) is 19.4 Å². The predicted octanol–water partition coefficient (Wildman–Crippen LogP) is 2.03. The summed E-state index contributed by atoms with van der Waals surface area (Å²) in [7, 11) is 1.37. The highest BCUT2D eigenvalue weighted by Crippen LogP contribution is 2.33. The third-order valence-electron chi connectivity index (χ3n) is 3.07. The van der Waals surface area contributed by atoms with Crippen LogP contribution in [0.5, 0.6) is 5.75 Å². The van der Waals surface area contributed by atoms with Crippen molar-refractivity contribution in [2.45, 2.75) is 30.4 Å². The summed E-state index contributed by atoms with van der Waals surface area (Å²) in [5, 5.41) is 19.9. The first-order valence-electron chi connectivity index (χ1n) is 6.12. The zero-order valence-electron chi connectivity index (χ0n) is 12.0. The second-order valence-corrected chi connectivity index (χ2v) is 6.60. The van der Waals surface area contributed by atoms with Gasteiger partial charge in [-0.15, -0.1) is 11.8 Å². The van der Waals surface area contributed by atoms with Crippen LogP contribution in [0.2, 0.25) is 0 Å². The highest BCUT2D eigenvalue weighted by molar-refractivity contribution is 7.99. The minimum absolute atomic E-state index is 0.115. The Morgan fingerprint density at radius 1 is 1.57 bits per heavy atom. The molecule has 0 radical (unpaired) electrons. The number of hydrogen-bond acceptors (Lipinski definition) is 6. The molecule has 0 spiro atoms. The first-order chi connectivity index (χ1) is 9.69. The van der Waals surface area contributed by atoms with Crippen LogP contribution in [0.3, 0.4) is 0 Å². The molecule has 0 aliphatic heterocycles. The summed E-state index contributed by atoms with van der Waals surface area (Å²) < 4.78 is 4.24. The van der Waals surface area contributed by atoms with Gasteiger partial charge in [0, 0.05) is 16.6 Å². The first-order valence-corrected chi connectivity index (χ1v) is 7.11. The van der Waals surface area contributed by atoms with Crippen LogP contribution in [0, 0.1) is 10.1 Å². The molecular weight excluding hydrogens is 296 g/mol. The molecule has 0 amide bonds. The van der Waals surface area contributed by atoms with Gasteiger partial charge in [-0.3, -0.25) is 14.9 Å². The summed E-state index contributed by atoms with van der Waals surface area (Å²) in [5.74, 6) is -0.470. The van der Waals surface area contributed by atoms with Gasteiger partial charge in [0.2, 0.25) is 0 Å². The van der Waals surface area contributed by atoms with Gasteiger partial charge in [-0.1, -0.05) is 6.07 Å². The van der Waals surface area contributed by atoms with Crippen LogP contribution in [-0.4, -0.2) is 33.9 Å². The summed E-state index contributed by atoms with van der Waals surface area (Å²) in [6, 6.07) is 3.64. The SMILES string of the molecule is COc1ccc(CSC(C)(C)[C@@H](N)C(=O)O)cc1[N+](=O)[O-]. The molecule has 116 valence electrons. The number of benzene rings is 1. The van der Waals surface area contributed by atoms with Gasteiger partial charge in [0.25, 0.3) is 0 Å². The zero-order valence-corrected chi connectivity index (χ0v) is 12.8. The number of methoxy groups -OCH3 is 1. The number of thioether (sulfide) groups is 1. The summed E-state index contributed by atoms with van der Waals surface area (Å²) in [4.78, 5) is 21.4. The lowest BCUT2D eigenvalue weighted by Gasteiger charge is -2.28. The Hall–Kier alpha value is -1.80.